The zero-order valence-corrected chi connectivity index (χ0v) is 13.5. The molecule has 0 radical (unpaired) electrons. The first-order valence-corrected chi connectivity index (χ1v) is 7.76. The van der Waals surface area contributed by atoms with Crippen molar-refractivity contribution in [3.8, 4) is 0 Å². The van der Waals surface area contributed by atoms with Crippen LogP contribution in [0, 0.1) is 11.8 Å². The molecule has 1 amide bonds. The molecule has 116 valence electrons. The number of rotatable bonds is 3. The Balaban J connectivity index is 2.12. The minimum Gasteiger partial charge on any atom is -0.397 e. The number of nitrogens with two attached hydrogens (primary N) is 1. The fraction of sp³-hybridized carbons (Fsp3) is 0.588. The third kappa shape index (κ3) is 3.69. The molecule has 0 aliphatic heterocycles. The maximum atomic E-state index is 12.1. The van der Waals surface area contributed by atoms with Gasteiger partial charge >= 0.3 is 0 Å². The second kappa shape index (κ2) is 6.37. The number of anilines is 2. The van der Waals surface area contributed by atoms with Gasteiger partial charge in [-0.2, -0.15) is 0 Å². The van der Waals surface area contributed by atoms with Crippen molar-refractivity contribution in [1.29, 1.82) is 0 Å². The number of nitrogens with one attached hydrogen (secondary N) is 1. The van der Waals surface area contributed by atoms with E-state index in [1.165, 1.54) is 6.42 Å². The van der Waals surface area contributed by atoms with Crippen LogP contribution in [0.4, 0.5) is 11.4 Å². The second-order valence-electron chi connectivity index (χ2n) is 6.61. The van der Waals surface area contributed by atoms with E-state index in [2.05, 4.69) is 19.2 Å². The van der Waals surface area contributed by atoms with Crippen LogP contribution in [0.15, 0.2) is 18.2 Å². The summed E-state index contributed by atoms with van der Waals surface area (Å²) in [5.41, 5.74) is 8.32. The summed E-state index contributed by atoms with van der Waals surface area (Å²) in [5, 5.41) is 3.54. The monoisotopic (exact) mass is 289 g/mol. The number of hydrogen-bond donors (Lipinski definition) is 2. The number of hydrogen-bond acceptors (Lipinski definition) is 3. The first-order chi connectivity index (χ1) is 9.88. The molecule has 3 N–H and O–H groups in total. The third-order valence-electron chi connectivity index (χ3n) is 4.66. The molecule has 1 saturated carbocycles. The summed E-state index contributed by atoms with van der Waals surface area (Å²) < 4.78 is 0. The lowest BCUT2D eigenvalue weighted by molar-refractivity contribution is 0.0827. The summed E-state index contributed by atoms with van der Waals surface area (Å²) >= 11 is 0. The zero-order valence-electron chi connectivity index (χ0n) is 13.5. The normalized spacial score (nSPS) is 25.4. The van der Waals surface area contributed by atoms with Crippen molar-refractivity contribution < 1.29 is 4.79 Å². The lowest BCUT2D eigenvalue weighted by atomic mass is 9.79. The average Bonchev–Trinajstić information content (AvgIpc) is 2.44. The van der Waals surface area contributed by atoms with Crippen molar-refractivity contribution in [3.63, 3.8) is 0 Å². The van der Waals surface area contributed by atoms with Gasteiger partial charge in [-0.3, -0.25) is 4.79 Å². The molecule has 1 aliphatic carbocycles. The van der Waals surface area contributed by atoms with E-state index in [9.17, 15) is 4.79 Å². The number of benzene rings is 1. The Hall–Kier alpha value is -1.71. The number of carbonyl (C=O) groups excluding carboxylic acids is 1. The molecule has 0 saturated heterocycles. The van der Waals surface area contributed by atoms with Gasteiger partial charge in [0.15, 0.2) is 0 Å². The molecule has 21 heavy (non-hydrogen) atoms. The van der Waals surface area contributed by atoms with Gasteiger partial charge in [-0.05, 0) is 49.3 Å². The SMILES string of the molecule is CC1CCC(Nc2cc(C(=O)N(C)C)ccc2N)CC1C. The molecule has 0 spiro atoms. The largest absolute Gasteiger partial charge is 0.397 e. The summed E-state index contributed by atoms with van der Waals surface area (Å²) in [6.07, 6.45) is 3.57. The van der Waals surface area contributed by atoms with Crippen LogP contribution in [0.5, 0.6) is 0 Å². The highest BCUT2D eigenvalue weighted by molar-refractivity contribution is 5.95. The summed E-state index contributed by atoms with van der Waals surface area (Å²) in [5.74, 6) is 1.52. The van der Waals surface area contributed by atoms with E-state index >= 15 is 0 Å². The van der Waals surface area contributed by atoms with Crippen molar-refractivity contribution in [2.75, 3.05) is 25.1 Å². The number of nitrogens with zero attached hydrogens (tertiary/aromatic N) is 1. The van der Waals surface area contributed by atoms with E-state index < -0.39 is 0 Å². The quantitative estimate of drug-likeness (QED) is 0.840. The molecule has 1 fully saturated rings. The maximum Gasteiger partial charge on any atom is 0.253 e. The molecule has 4 nitrogen and oxygen atoms in total. The van der Waals surface area contributed by atoms with Crippen molar-refractivity contribution in [3.05, 3.63) is 23.8 Å². The molecule has 0 aromatic heterocycles. The molecule has 4 heteroatoms. The van der Waals surface area contributed by atoms with Gasteiger partial charge in [0.2, 0.25) is 0 Å². The van der Waals surface area contributed by atoms with Gasteiger partial charge in [-0.25, -0.2) is 0 Å². The highest BCUT2D eigenvalue weighted by atomic mass is 16.2. The summed E-state index contributed by atoms with van der Waals surface area (Å²) in [6, 6.07) is 5.92. The van der Waals surface area contributed by atoms with Crippen molar-refractivity contribution in [2.24, 2.45) is 11.8 Å². The summed E-state index contributed by atoms with van der Waals surface area (Å²) in [6.45, 7) is 4.64. The van der Waals surface area contributed by atoms with Crippen LogP contribution in [0.2, 0.25) is 0 Å². The summed E-state index contributed by atoms with van der Waals surface area (Å²) in [4.78, 5) is 13.6. The molecule has 3 atom stereocenters. The minimum atomic E-state index is 0.00341. The van der Waals surface area contributed by atoms with E-state index in [0.717, 1.165) is 30.4 Å². The van der Waals surface area contributed by atoms with Crippen LogP contribution in [0.25, 0.3) is 0 Å². The maximum absolute atomic E-state index is 12.1. The number of nitrogen functional groups attached to an aromatic ring is 1. The average molecular weight is 289 g/mol. The topological polar surface area (TPSA) is 58.4 Å². The van der Waals surface area contributed by atoms with Gasteiger partial charge in [0.25, 0.3) is 5.91 Å². The Kier molecular flexibility index (Phi) is 4.76. The van der Waals surface area contributed by atoms with Crippen LogP contribution in [0.3, 0.4) is 0 Å². The van der Waals surface area contributed by atoms with Gasteiger partial charge in [0.1, 0.15) is 0 Å². The van der Waals surface area contributed by atoms with Gasteiger partial charge in [0, 0.05) is 25.7 Å². The van der Waals surface area contributed by atoms with E-state index in [1.807, 2.05) is 12.1 Å². The van der Waals surface area contributed by atoms with Crippen LogP contribution in [-0.4, -0.2) is 30.9 Å². The smallest absolute Gasteiger partial charge is 0.253 e. The predicted molar refractivity (Wildman–Crippen MR) is 88.5 cm³/mol. The molecule has 2 rings (SSSR count). The zero-order chi connectivity index (χ0) is 15.6. The fourth-order valence-corrected chi connectivity index (χ4v) is 2.97. The number of amides is 1. The van der Waals surface area contributed by atoms with Gasteiger partial charge in [-0.15, -0.1) is 0 Å². The van der Waals surface area contributed by atoms with Crippen molar-refractivity contribution in [2.45, 2.75) is 39.2 Å². The molecule has 0 heterocycles. The minimum absolute atomic E-state index is 0.00341. The highest BCUT2D eigenvalue weighted by Gasteiger charge is 2.24. The molecule has 3 unspecified atom stereocenters. The van der Waals surface area contributed by atoms with Crippen LogP contribution >= 0.6 is 0 Å². The van der Waals surface area contributed by atoms with Gasteiger partial charge < -0.3 is 16.0 Å². The van der Waals surface area contributed by atoms with Gasteiger partial charge in [0.05, 0.1) is 11.4 Å². The first-order valence-electron chi connectivity index (χ1n) is 7.76. The van der Waals surface area contributed by atoms with E-state index in [4.69, 9.17) is 5.73 Å². The Bertz CT molecular complexity index is 513. The van der Waals surface area contributed by atoms with E-state index in [-0.39, 0.29) is 5.91 Å². The molecular formula is C17H27N3O. The Morgan fingerprint density at radius 1 is 1.24 bits per heavy atom. The molecule has 1 aromatic carbocycles. The molecule has 1 aliphatic rings. The fourth-order valence-electron chi connectivity index (χ4n) is 2.97. The third-order valence-corrected chi connectivity index (χ3v) is 4.66. The van der Waals surface area contributed by atoms with Gasteiger partial charge in [-0.1, -0.05) is 13.8 Å². The standard InChI is InChI=1S/C17H27N3O/c1-11-5-7-14(9-12(11)2)19-16-10-13(6-8-15(16)18)17(21)20(3)4/h6,8,10-12,14,19H,5,7,9,18H2,1-4H3. The first kappa shape index (κ1) is 15.7. The Labute approximate surface area is 127 Å². The lowest BCUT2D eigenvalue weighted by Gasteiger charge is -2.33. The van der Waals surface area contributed by atoms with E-state index in [0.29, 0.717) is 17.3 Å². The number of carbonyl (C=O) groups is 1. The van der Waals surface area contributed by atoms with Crippen molar-refractivity contribution >= 4 is 17.3 Å². The molecular weight excluding hydrogens is 262 g/mol. The predicted octanol–water partition coefficient (Wildman–Crippen LogP) is 3.21. The summed E-state index contributed by atoms with van der Waals surface area (Å²) in [7, 11) is 3.52. The second-order valence-corrected chi connectivity index (χ2v) is 6.61. The van der Waals surface area contributed by atoms with Crippen molar-refractivity contribution in [1.82, 2.24) is 4.90 Å². The molecule has 0 bridgehead atoms. The molecule has 1 aromatic rings. The van der Waals surface area contributed by atoms with Crippen LogP contribution in [0.1, 0.15) is 43.5 Å². The Morgan fingerprint density at radius 3 is 2.57 bits per heavy atom. The lowest BCUT2D eigenvalue weighted by Crippen LogP contribution is -2.30. The van der Waals surface area contributed by atoms with E-state index in [1.54, 1.807) is 25.1 Å². The highest BCUT2D eigenvalue weighted by Crippen LogP contribution is 2.32. The van der Waals surface area contributed by atoms with Crippen LogP contribution in [-0.2, 0) is 0 Å². The Morgan fingerprint density at radius 2 is 1.95 bits per heavy atom. The van der Waals surface area contributed by atoms with Crippen LogP contribution < -0.4 is 11.1 Å².